The average molecular weight is 390 g/mol. The minimum Gasteiger partial charge on any atom is -0.490 e. The van der Waals surface area contributed by atoms with Gasteiger partial charge in [0.05, 0.1) is 24.9 Å². The number of rotatable bonds is 7. The Bertz CT molecular complexity index is 1180. The molecule has 0 aliphatic heterocycles. The number of para-hydroxylation sites is 1. The SMILES string of the molecule is CCOc1ccc(/C=N/Nc2nnc3c4ccccc4n(C)c3n2)cc1OCC. The molecular weight excluding hydrogens is 368 g/mol. The summed E-state index contributed by atoms with van der Waals surface area (Å²) in [5.74, 6) is 1.73. The number of aromatic nitrogens is 4. The lowest BCUT2D eigenvalue weighted by Crippen LogP contribution is -2.01. The molecule has 0 fully saturated rings. The Kier molecular flexibility index (Phi) is 5.24. The molecule has 0 amide bonds. The molecule has 2 aromatic heterocycles. The number of hydrogen-bond acceptors (Lipinski definition) is 7. The van der Waals surface area contributed by atoms with Gasteiger partial charge in [0.1, 0.15) is 5.52 Å². The molecule has 2 aromatic carbocycles. The molecular formula is C21H22N6O2. The number of ether oxygens (including phenoxy) is 2. The van der Waals surface area contributed by atoms with E-state index in [2.05, 4.69) is 25.7 Å². The van der Waals surface area contributed by atoms with Crippen molar-refractivity contribution in [3.05, 3.63) is 48.0 Å². The smallest absolute Gasteiger partial charge is 0.265 e. The lowest BCUT2D eigenvalue weighted by atomic mass is 10.2. The van der Waals surface area contributed by atoms with Gasteiger partial charge in [0.2, 0.25) is 0 Å². The number of aryl methyl sites for hydroxylation is 1. The third-order valence-electron chi connectivity index (χ3n) is 4.45. The molecule has 0 bridgehead atoms. The Hall–Kier alpha value is -3.68. The summed E-state index contributed by atoms with van der Waals surface area (Å²) in [5, 5.41) is 13.7. The highest BCUT2D eigenvalue weighted by Gasteiger charge is 2.11. The van der Waals surface area contributed by atoms with Gasteiger partial charge in [-0.15, -0.1) is 10.2 Å². The van der Waals surface area contributed by atoms with E-state index >= 15 is 0 Å². The fourth-order valence-corrected chi connectivity index (χ4v) is 3.17. The molecule has 4 rings (SSSR count). The van der Waals surface area contributed by atoms with Crippen LogP contribution in [0.4, 0.5) is 5.95 Å². The molecule has 8 heteroatoms. The molecule has 0 atom stereocenters. The zero-order valence-electron chi connectivity index (χ0n) is 16.6. The van der Waals surface area contributed by atoms with E-state index < -0.39 is 0 Å². The van der Waals surface area contributed by atoms with Crippen LogP contribution in [0.25, 0.3) is 22.1 Å². The minimum atomic E-state index is 0.329. The molecule has 0 saturated heterocycles. The van der Waals surface area contributed by atoms with Crippen molar-refractivity contribution in [1.82, 2.24) is 19.7 Å². The Morgan fingerprint density at radius 1 is 1.03 bits per heavy atom. The number of nitrogens with one attached hydrogen (secondary N) is 1. The van der Waals surface area contributed by atoms with Gasteiger partial charge in [-0.05, 0) is 43.7 Å². The maximum atomic E-state index is 5.64. The molecule has 8 nitrogen and oxygen atoms in total. The summed E-state index contributed by atoms with van der Waals surface area (Å²) in [5.41, 5.74) is 6.29. The Morgan fingerprint density at radius 3 is 2.66 bits per heavy atom. The second kappa shape index (κ2) is 8.14. The Balaban J connectivity index is 1.56. The quantitative estimate of drug-likeness (QED) is 0.382. The lowest BCUT2D eigenvalue weighted by Gasteiger charge is -2.11. The normalized spacial score (nSPS) is 11.4. The van der Waals surface area contributed by atoms with Gasteiger partial charge in [-0.1, -0.05) is 18.2 Å². The lowest BCUT2D eigenvalue weighted by molar-refractivity contribution is 0.288. The second-order valence-electron chi connectivity index (χ2n) is 6.33. The molecule has 0 aliphatic rings. The van der Waals surface area contributed by atoms with E-state index in [9.17, 15) is 0 Å². The number of anilines is 1. The van der Waals surface area contributed by atoms with Crippen molar-refractivity contribution in [3.63, 3.8) is 0 Å². The summed E-state index contributed by atoms with van der Waals surface area (Å²) in [4.78, 5) is 4.55. The van der Waals surface area contributed by atoms with Crippen LogP contribution in [0, 0.1) is 0 Å². The highest BCUT2D eigenvalue weighted by Crippen LogP contribution is 2.28. The number of hydrazone groups is 1. The molecule has 29 heavy (non-hydrogen) atoms. The third kappa shape index (κ3) is 3.69. The van der Waals surface area contributed by atoms with Crippen LogP contribution in [-0.2, 0) is 7.05 Å². The van der Waals surface area contributed by atoms with Gasteiger partial charge in [-0.3, -0.25) is 0 Å². The van der Waals surface area contributed by atoms with Crippen molar-refractivity contribution in [2.24, 2.45) is 12.1 Å². The molecule has 0 spiro atoms. The van der Waals surface area contributed by atoms with Gasteiger partial charge in [-0.25, -0.2) is 5.43 Å². The molecule has 0 radical (unpaired) electrons. The van der Waals surface area contributed by atoms with Crippen molar-refractivity contribution in [3.8, 4) is 11.5 Å². The molecule has 0 saturated carbocycles. The summed E-state index contributed by atoms with van der Waals surface area (Å²) in [6, 6.07) is 13.7. The Morgan fingerprint density at radius 2 is 1.83 bits per heavy atom. The number of benzene rings is 2. The molecule has 0 unspecified atom stereocenters. The van der Waals surface area contributed by atoms with Gasteiger partial charge in [0.25, 0.3) is 5.95 Å². The van der Waals surface area contributed by atoms with Crippen LogP contribution in [0.3, 0.4) is 0 Å². The van der Waals surface area contributed by atoms with Gasteiger partial charge in [0, 0.05) is 12.4 Å². The van der Waals surface area contributed by atoms with Crippen molar-refractivity contribution in [2.75, 3.05) is 18.6 Å². The van der Waals surface area contributed by atoms with E-state index in [1.165, 1.54) is 0 Å². The van der Waals surface area contributed by atoms with Gasteiger partial charge < -0.3 is 14.0 Å². The van der Waals surface area contributed by atoms with Gasteiger partial charge in [-0.2, -0.15) is 10.1 Å². The first-order valence-electron chi connectivity index (χ1n) is 9.47. The van der Waals surface area contributed by atoms with E-state index in [1.807, 2.05) is 67.9 Å². The van der Waals surface area contributed by atoms with Crippen LogP contribution in [0.15, 0.2) is 47.6 Å². The first-order chi connectivity index (χ1) is 14.2. The van der Waals surface area contributed by atoms with Crippen LogP contribution >= 0.6 is 0 Å². The number of fused-ring (bicyclic) bond motifs is 3. The van der Waals surface area contributed by atoms with Crippen LogP contribution in [0.1, 0.15) is 19.4 Å². The van der Waals surface area contributed by atoms with Crippen LogP contribution < -0.4 is 14.9 Å². The molecule has 148 valence electrons. The largest absolute Gasteiger partial charge is 0.490 e. The standard InChI is InChI=1S/C21H22N6O2/c1-4-28-17-11-10-14(12-18(17)29-5-2)13-22-25-21-23-20-19(24-26-21)15-8-6-7-9-16(15)27(20)3/h6-13H,4-5H2,1-3H3,(H,23,25,26)/b22-13+. The highest BCUT2D eigenvalue weighted by atomic mass is 16.5. The van der Waals surface area contributed by atoms with Crippen LogP contribution in [0.5, 0.6) is 11.5 Å². The zero-order chi connectivity index (χ0) is 20.2. The van der Waals surface area contributed by atoms with Crippen molar-refractivity contribution in [2.45, 2.75) is 13.8 Å². The number of hydrogen-bond donors (Lipinski definition) is 1. The molecule has 0 aliphatic carbocycles. The first-order valence-corrected chi connectivity index (χ1v) is 9.47. The molecule has 4 aromatic rings. The van der Waals surface area contributed by atoms with Crippen LogP contribution in [0.2, 0.25) is 0 Å². The van der Waals surface area contributed by atoms with Gasteiger partial charge in [0.15, 0.2) is 17.1 Å². The van der Waals surface area contributed by atoms with Crippen LogP contribution in [-0.4, -0.2) is 39.2 Å². The van der Waals surface area contributed by atoms with Crippen molar-refractivity contribution >= 4 is 34.2 Å². The minimum absolute atomic E-state index is 0.329. The summed E-state index contributed by atoms with van der Waals surface area (Å²) in [7, 11) is 1.96. The maximum absolute atomic E-state index is 5.64. The number of nitrogens with zero attached hydrogens (tertiary/aromatic N) is 5. The van der Waals surface area contributed by atoms with Crippen molar-refractivity contribution in [1.29, 1.82) is 0 Å². The predicted molar refractivity (Wildman–Crippen MR) is 114 cm³/mol. The van der Waals surface area contributed by atoms with Crippen molar-refractivity contribution < 1.29 is 9.47 Å². The zero-order valence-corrected chi connectivity index (χ0v) is 16.6. The summed E-state index contributed by atoms with van der Waals surface area (Å²) in [6.45, 7) is 5.01. The van der Waals surface area contributed by atoms with E-state index in [1.54, 1.807) is 6.21 Å². The van der Waals surface area contributed by atoms with E-state index in [-0.39, 0.29) is 0 Å². The fraction of sp³-hybridized carbons (Fsp3) is 0.238. The highest BCUT2D eigenvalue weighted by molar-refractivity contribution is 6.04. The van der Waals surface area contributed by atoms with Gasteiger partial charge >= 0.3 is 0 Å². The predicted octanol–water partition coefficient (Wildman–Crippen LogP) is 3.76. The topological polar surface area (TPSA) is 86.5 Å². The second-order valence-corrected chi connectivity index (χ2v) is 6.33. The third-order valence-corrected chi connectivity index (χ3v) is 4.45. The summed E-state index contributed by atoms with van der Waals surface area (Å²) < 4.78 is 13.2. The maximum Gasteiger partial charge on any atom is 0.265 e. The monoisotopic (exact) mass is 390 g/mol. The summed E-state index contributed by atoms with van der Waals surface area (Å²) >= 11 is 0. The van der Waals surface area contributed by atoms with E-state index in [0.29, 0.717) is 30.7 Å². The molecule has 1 N–H and O–H groups in total. The first kappa shape index (κ1) is 18.7. The summed E-state index contributed by atoms with van der Waals surface area (Å²) in [6.07, 6.45) is 1.67. The Labute approximate surface area is 168 Å². The molecule has 2 heterocycles. The van der Waals surface area contributed by atoms with E-state index in [4.69, 9.17) is 9.47 Å². The van der Waals surface area contributed by atoms with E-state index in [0.717, 1.165) is 27.6 Å². The average Bonchev–Trinajstić information content (AvgIpc) is 3.02. The fourth-order valence-electron chi connectivity index (χ4n) is 3.17.